The number of aliphatic hydroxyl groups excluding tert-OH is 1. The van der Waals surface area contributed by atoms with E-state index in [0.29, 0.717) is 13.0 Å². The van der Waals surface area contributed by atoms with Crippen molar-refractivity contribution in [3.8, 4) is 0 Å². The third kappa shape index (κ3) is 3.86. The quantitative estimate of drug-likeness (QED) is 0.773. The Bertz CT molecular complexity index is 364. The first kappa shape index (κ1) is 15.8. The highest BCUT2D eigenvalue weighted by Crippen LogP contribution is 2.23. The number of hydrogen-bond donors (Lipinski definition) is 1. The monoisotopic (exact) mass is 269 g/mol. The van der Waals surface area contributed by atoms with Gasteiger partial charge in [-0.15, -0.1) is 0 Å². The van der Waals surface area contributed by atoms with Crippen LogP contribution in [-0.2, 0) is 14.4 Å². The summed E-state index contributed by atoms with van der Waals surface area (Å²) in [4.78, 5) is 37.0. The fraction of sp³-hybridized carbons (Fsp3) is 0.786. The molecule has 19 heavy (non-hydrogen) atoms. The van der Waals surface area contributed by atoms with Gasteiger partial charge in [0.2, 0.25) is 5.91 Å². The molecule has 108 valence electrons. The van der Waals surface area contributed by atoms with E-state index in [4.69, 9.17) is 0 Å². The number of likely N-dealkylation sites (tertiary alicyclic amines) is 1. The summed E-state index contributed by atoms with van der Waals surface area (Å²) in [6.45, 7) is 5.23. The van der Waals surface area contributed by atoms with Crippen LogP contribution in [0, 0.1) is 11.8 Å². The van der Waals surface area contributed by atoms with Crippen LogP contribution in [0.15, 0.2) is 0 Å². The predicted molar refractivity (Wildman–Crippen MR) is 70.5 cm³/mol. The Morgan fingerprint density at radius 3 is 2.42 bits per heavy atom. The van der Waals surface area contributed by atoms with Gasteiger partial charge < -0.3 is 14.8 Å². The fourth-order valence-corrected chi connectivity index (χ4v) is 2.52. The SMILES string of the molecule is CC(=O)C[C@@H](CO)C(=O)N1CCC[C@H]1C(=O)C(C)C. The molecule has 1 saturated heterocycles. The van der Waals surface area contributed by atoms with Gasteiger partial charge in [0, 0.05) is 18.9 Å². The lowest BCUT2D eigenvalue weighted by atomic mass is 9.97. The van der Waals surface area contributed by atoms with Crippen molar-refractivity contribution in [2.45, 2.75) is 46.1 Å². The third-order valence-corrected chi connectivity index (χ3v) is 3.54. The first-order valence-corrected chi connectivity index (χ1v) is 6.83. The predicted octanol–water partition coefficient (Wildman–Crippen LogP) is 0.790. The van der Waals surface area contributed by atoms with Crippen LogP contribution in [-0.4, -0.2) is 46.7 Å². The van der Waals surface area contributed by atoms with E-state index >= 15 is 0 Å². The van der Waals surface area contributed by atoms with Crippen LogP contribution >= 0.6 is 0 Å². The molecule has 0 aromatic heterocycles. The minimum Gasteiger partial charge on any atom is -0.396 e. The zero-order chi connectivity index (χ0) is 14.6. The molecule has 1 aliphatic rings. The number of aliphatic hydroxyl groups is 1. The molecule has 5 nitrogen and oxygen atoms in total. The van der Waals surface area contributed by atoms with E-state index in [0.717, 1.165) is 6.42 Å². The van der Waals surface area contributed by atoms with Gasteiger partial charge in [-0.05, 0) is 19.8 Å². The average molecular weight is 269 g/mol. The van der Waals surface area contributed by atoms with E-state index in [1.807, 2.05) is 13.8 Å². The Kier molecular flexibility index (Phi) is 5.66. The van der Waals surface area contributed by atoms with Crippen LogP contribution in [0.2, 0.25) is 0 Å². The molecule has 1 amide bonds. The standard InChI is InChI=1S/C14H23NO4/c1-9(2)13(18)12-5-4-6-15(12)14(19)11(8-16)7-10(3)17/h9,11-12,16H,4-8H2,1-3H3/t11-,12-/m0/s1. The molecule has 0 aromatic rings. The minimum atomic E-state index is -0.710. The van der Waals surface area contributed by atoms with E-state index in [-0.39, 0.29) is 42.5 Å². The molecule has 0 spiro atoms. The van der Waals surface area contributed by atoms with Crippen molar-refractivity contribution in [1.82, 2.24) is 4.90 Å². The van der Waals surface area contributed by atoms with E-state index in [2.05, 4.69) is 0 Å². The van der Waals surface area contributed by atoms with Gasteiger partial charge in [-0.3, -0.25) is 9.59 Å². The van der Waals surface area contributed by atoms with Crippen molar-refractivity contribution in [1.29, 1.82) is 0 Å². The van der Waals surface area contributed by atoms with Gasteiger partial charge in [-0.2, -0.15) is 0 Å². The second-order valence-electron chi connectivity index (χ2n) is 5.53. The Morgan fingerprint density at radius 1 is 1.32 bits per heavy atom. The Morgan fingerprint density at radius 2 is 1.95 bits per heavy atom. The molecule has 1 fully saturated rings. The van der Waals surface area contributed by atoms with Gasteiger partial charge in [0.25, 0.3) is 0 Å². The highest BCUT2D eigenvalue weighted by atomic mass is 16.3. The number of hydrogen-bond acceptors (Lipinski definition) is 4. The number of ketones is 2. The highest BCUT2D eigenvalue weighted by molar-refractivity contribution is 5.92. The molecule has 1 rings (SSSR count). The lowest BCUT2D eigenvalue weighted by molar-refractivity contribution is -0.144. The topological polar surface area (TPSA) is 74.7 Å². The second-order valence-corrected chi connectivity index (χ2v) is 5.53. The molecular formula is C14H23NO4. The second kappa shape index (κ2) is 6.80. The van der Waals surface area contributed by atoms with Crippen molar-refractivity contribution in [2.75, 3.05) is 13.2 Å². The van der Waals surface area contributed by atoms with Crippen molar-refractivity contribution < 1.29 is 19.5 Å². The molecule has 0 unspecified atom stereocenters. The summed E-state index contributed by atoms with van der Waals surface area (Å²) < 4.78 is 0. The molecule has 0 bridgehead atoms. The fourth-order valence-electron chi connectivity index (χ4n) is 2.52. The Balaban J connectivity index is 2.79. The van der Waals surface area contributed by atoms with Crippen molar-refractivity contribution in [3.05, 3.63) is 0 Å². The van der Waals surface area contributed by atoms with E-state index in [1.165, 1.54) is 6.92 Å². The van der Waals surface area contributed by atoms with Crippen LogP contribution in [0.1, 0.15) is 40.0 Å². The summed E-state index contributed by atoms with van der Waals surface area (Å²) >= 11 is 0. The van der Waals surface area contributed by atoms with Gasteiger partial charge in [0.15, 0.2) is 5.78 Å². The number of carbonyl (C=O) groups is 3. The molecule has 1 heterocycles. The zero-order valence-electron chi connectivity index (χ0n) is 11.9. The van der Waals surface area contributed by atoms with E-state index in [9.17, 15) is 19.5 Å². The first-order chi connectivity index (χ1) is 8.88. The van der Waals surface area contributed by atoms with Crippen LogP contribution in [0.5, 0.6) is 0 Å². The van der Waals surface area contributed by atoms with E-state index < -0.39 is 5.92 Å². The smallest absolute Gasteiger partial charge is 0.229 e. The number of Topliss-reactive ketones (excluding diaryl/α,β-unsaturated/α-hetero) is 2. The number of carbonyl (C=O) groups excluding carboxylic acids is 3. The number of amides is 1. The van der Waals surface area contributed by atoms with Crippen LogP contribution < -0.4 is 0 Å². The van der Waals surface area contributed by atoms with Crippen molar-refractivity contribution >= 4 is 17.5 Å². The molecule has 1 N–H and O–H groups in total. The summed E-state index contributed by atoms with van der Waals surface area (Å²) in [5.74, 6) is -1.16. The summed E-state index contributed by atoms with van der Waals surface area (Å²) in [5, 5.41) is 9.26. The van der Waals surface area contributed by atoms with Crippen LogP contribution in [0.25, 0.3) is 0 Å². The summed E-state index contributed by atoms with van der Waals surface area (Å²) in [5.41, 5.74) is 0. The van der Waals surface area contributed by atoms with Crippen LogP contribution in [0.3, 0.4) is 0 Å². The number of rotatable bonds is 6. The highest BCUT2D eigenvalue weighted by Gasteiger charge is 2.37. The third-order valence-electron chi connectivity index (χ3n) is 3.54. The van der Waals surface area contributed by atoms with Crippen LogP contribution in [0.4, 0.5) is 0 Å². The number of nitrogens with zero attached hydrogens (tertiary/aromatic N) is 1. The largest absolute Gasteiger partial charge is 0.396 e. The lowest BCUT2D eigenvalue weighted by Crippen LogP contribution is -2.45. The van der Waals surface area contributed by atoms with Crippen molar-refractivity contribution in [2.24, 2.45) is 11.8 Å². The maximum atomic E-state index is 12.3. The summed E-state index contributed by atoms with van der Waals surface area (Å²) in [6, 6.07) is -0.381. The molecule has 2 atom stereocenters. The maximum Gasteiger partial charge on any atom is 0.229 e. The summed E-state index contributed by atoms with van der Waals surface area (Å²) in [6.07, 6.45) is 1.52. The van der Waals surface area contributed by atoms with Gasteiger partial charge in [-0.1, -0.05) is 13.8 Å². The van der Waals surface area contributed by atoms with Gasteiger partial charge in [0.05, 0.1) is 18.6 Å². The molecule has 0 radical (unpaired) electrons. The lowest BCUT2D eigenvalue weighted by Gasteiger charge is -2.28. The van der Waals surface area contributed by atoms with Gasteiger partial charge in [-0.25, -0.2) is 0 Å². The molecular weight excluding hydrogens is 246 g/mol. The van der Waals surface area contributed by atoms with Gasteiger partial charge in [0.1, 0.15) is 5.78 Å². The Hall–Kier alpha value is -1.23. The minimum absolute atomic E-state index is 0.0361. The molecule has 0 aromatic carbocycles. The Labute approximate surface area is 114 Å². The first-order valence-electron chi connectivity index (χ1n) is 6.83. The van der Waals surface area contributed by atoms with E-state index in [1.54, 1.807) is 4.90 Å². The molecule has 0 aliphatic carbocycles. The molecule has 1 aliphatic heterocycles. The molecule has 0 saturated carbocycles. The van der Waals surface area contributed by atoms with Gasteiger partial charge >= 0.3 is 0 Å². The summed E-state index contributed by atoms with van der Waals surface area (Å²) in [7, 11) is 0. The maximum absolute atomic E-state index is 12.3. The molecule has 5 heteroatoms. The zero-order valence-corrected chi connectivity index (χ0v) is 11.9. The normalized spacial score (nSPS) is 20.7. The van der Waals surface area contributed by atoms with Crippen molar-refractivity contribution in [3.63, 3.8) is 0 Å². The average Bonchev–Trinajstić information content (AvgIpc) is 2.82.